The second kappa shape index (κ2) is 12.8. The van der Waals surface area contributed by atoms with Gasteiger partial charge in [0.2, 0.25) is 0 Å². The van der Waals surface area contributed by atoms with Crippen molar-refractivity contribution in [2.45, 2.75) is 58.7 Å². The third-order valence-electron chi connectivity index (χ3n) is 4.80. The van der Waals surface area contributed by atoms with Crippen molar-refractivity contribution in [2.75, 3.05) is 31.0 Å². The van der Waals surface area contributed by atoms with Crippen LogP contribution in [0.5, 0.6) is 5.88 Å². The smallest absolute Gasteiger partial charge is 0.407 e. The summed E-state index contributed by atoms with van der Waals surface area (Å²) in [5.41, 5.74) is -0.574. The fourth-order valence-corrected chi connectivity index (χ4v) is 3.08. The third-order valence-corrected chi connectivity index (χ3v) is 4.80. The number of hydrogen-bond donors (Lipinski definition) is 3. The molecule has 2 aromatic rings. The molecule has 196 valence electrons. The van der Waals surface area contributed by atoms with Crippen molar-refractivity contribution in [1.82, 2.24) is 15.3 Å². The molecule has 10 nitrogen and oxygen atoms in total. The molecule has 0 spiro atoms. The number of hydrogen-bond acceptors (Lipinski definition) is 9. The Labute approximate surface area is 209 Å². The first-order valence-electron chi connectivity index (χ1n) is 11.4. The number of ether oxygens (including phenoxy) is 3. The Bertz CT molecular complexity index is 1090. The van der Waals surface area contributed by atoms with E-state index in [9.17, 15) is 18.8 Å². The quantitative estimate of drug-likeness (QED) is 0.377. The molecule has 0 fully saturated rings. The predicted octanol–water partition coefficient (Wildman–Crippen LogP) is 4.50. The average molecular weight is 507 g/mol. The van der Waals surface area contributed by atoms with E-state index in [1.807, 2.05) is 13.0 Å². The van der Waals surface area contributed by atoms with Gasteiger partial charge in [-0.2, -0.15) is 5.26 Å². The Morgan fingerprint density at radius 2 is 1.92 bits per heavy atom. The summed E-state index contributed by atoms with van der Waals surface area (Å²) < 4.78 is 44.4. The van der Waals surface area contributed by atoms with Crippen LogP contribution in [0.2, 0.25) is 0 Å². The monoisotopic (exact) mass is 506 g/mol. The number of carbonyl (C=O) groups is 1. The molecule has 36 heavy (non-hydrogen) atoms. The summed E-state index contributed by atoms with van der Waals surface area (Å²) in [7, 11) is 1.49. The number of alkyl carbamates (subject to hydrolysis) is 1. The SMILES string of the molecule is CC[C@@H](Nc1nc(Nc2cnc(OCCOC)c(F)c2)c(C#N)cc1F)[C@H](C)NC(=O)OC(C)(C)C. The maximum Gasteiger partial charge on any atom is 0.407 e. The number of rotatable bonds is 11. The van der Waals surface area contributed by atoms with E-state index in [2.05, 4.69) is 25.9 Å². The number of anilines is 3. The van der Waals surface area contributed by atoms with Crippen molar-refractivity contribution >= 4 is 23.4 Å². The standard InChI is InChI=1S/C24H32F2N6O4/c1-7-19(14(2)29-23(33)36-24(3,4)5)31-21-17(25)10-15(12-27)20(32-21)30-16-11-18(26)22(28-13-16)35-9-8-34-6/h10-11,13-14,19H,7-9H2,1-6H3,(H,29,33)(H2,30,31,32)/t14-,19+/m0/s1. The van der Waals surface area contributed by atoms with Gasteiger partial charge in [-0.05, 0) is 40.2 Å². The van der Waals surface area contributed by atoms with E-state index in [4.69, 9.17) is 14.2 Å². The fourth-order valence-electron chi connectivity index (χ4n) is 3.08. The van der Waals surface area contributed by atoms with Crippen LogP contribution >= 0.6 is 0 Å². The first-order chi connectivity index (χ1) is 17.0. The number of aromatic nitrogens is 2. The molecule has 0 saturated heterocycles. The molecule has 2 heterocycles. The van der Waals surface area contributed by atoms with E-state index in [1.54, 1.807) is 27.7 Å². The van der Waals surface area contributed by atoms with Crippen LogP contribution in [0.3, 0.4) is 0 Å². The molecule has 1 amide bonds. The number of halogens is 2. The minimum atomic E-state index is -0.758. The Kier molecular flexibility index (Phi) is 10.2. The molecule has 12 heteroatoms. The van der Waals surface area contributed by atoms with Crippen molar-refractivity contribution in [3.8, 4) is 11.9 Å². The first-order valence-corrected chi connectivity index (χ1v) is 11.4. The number of pyridine rings is 2. The Balaban J connectivity index is 2.21. The third kappa shape index (κ3) is 8.49. The molecular formula is C24H32F2N6O4. The van der Waals surface area contributed by atoms with Gasteiger partial charge in [-0.15, -0.1) is 0 Å². The predicted molar refractivity (Wildman–Crippen MR) is 130 cm³/mol. The Morgan fingerprint density at radius 3 is 2.50 bits per heavy atom. The van der Waals surface area contributed by atoms with Crippen LogP contribution in [-0.2, 0) is 9.47 Å². The van der Waals surface area contributed by atoms with Gasteiger partial charge in [-0.1, -0.05) is 6.92 Å². The van der Waals surface area contributed by atoms with Gasteiger partial charge >= 0.3 is 6.09 Å². The zero-order chi connectivity index (χ0) is 26.9. The van der Waals surface area contributed by atoms with Gasteiger partial charge < -0.3 is 30.2 Å². The molecule has 0 saturated carbocycles. The number of amides is 1. The second-order valence-electron chi connectivity index (χ2n) is 8.90. The highest BCUT2D eigenvalue weighted by Gasteiger charge is 2.24. The number of nitriles is 1. The summed E-state index contributed by atoms with van der Waals surface area (Å²) in [4.78, 5) is 20.2. The summed E-state index contributed by atoms with van der Waals surface area (Å²) in [6, 6.07) is 3.14. The van der Waals surface area contributed by atoms with Crippen molar-refractivity contribution in [3.63, 3.8) is 0 Å². The van der Waals surface area contributed by atoms with Gasteiger partial charge in [-0.3, -0.25) is 0 Å². The van der Waals surface area contributed by atoms with E-state index < -0.39 is 35.4 Å². The molecule has 0 aliphatic carbocycles. The summed E-state index contributed by atoms with van der Waals surface area (Å²) in [6.45, 7) is 9.25. The molecule has 2 rings (SSSR count). The Hall–Kier alpha value is -3.72. The van der Waals surface area contributed by atoms with Crippen LogP contribution in [0.25, 0.3) is 0 Å². The molecule has 0 bridgehead atoms. The maximum atomic E-state index is 14.8. The van der Waals surface area contributed by atoms with Crippen LogP contribution in [0.15, 0.2) is 18.3 Å². The normalized spacial score (nSPS) is 12.8. The van der Waals surface area contributed by atoms with Gasteiger partial charge in [0.1, 0.15) is 18.3 Å². The highest BCUT2D eigenvalue weighted by molar-refractivity contribution is 5.68. The molecule has 0 radical (unpaired) electrons. The van der Waals surface area contributed by atoms with E-state index in [-0.39, 0.29) is 42.0 Å². The molecule has 2 aromatic heterocycles. The fraction of sp³-hybridized carbons (Fsp3) is 0.500. The molecule has 3 N–H and O–H groups in total. The van der Waals surface area contributed by atoms with Crippen molar-refractivity contribution < 1.29 is 27.8 Å². The van der Waals surface area contributed by atoms with E-state index in [0.717, 1.165) is 12.1 Å². The second-order valence-corrected chi connectivity index (χ2v) is 8.90. The lowest BCUT2D eigenvalue weighted by Crippen LogP contribution is -2.46. The zero-order valence-electron chi connectivity index (χ0n) is 21.2. The topological polar surface area (TPSA) is 130 Å². The van der Waals surface area contributed by atoms with Crippen LogP contribution in [0, 0.1) is 23.0 Å². The minimum Gasteiger partial charge on any atom is -0.473 e. The van der Waals surface area contributed by atoms with Crippen LogP contribution in [-0.4, -0.2) is 54.1 Å². The van der Waals surface area contributed by atoms with E-state index >= 15 is 0 Å². The molecule has 2 atom stereocenters. The molecule has 0 aliphatic rings. The lowest BCUT2D eigenvalue weighted by atomic mass is 10.1. The first kappa shape index (κ1) is 28.5. The number of methoxy groups -OCH3 is 1. The van der Waals surface area contributed by atoms with Crippen LogP contribution in [0.4, 0.5) is 30.9 Å². The number of nitrogens with one attached hydrogen (secondary N) is 3. The number of carbonyl (C=O) groups excluding carboxylic acids is 1. The van der Waals surface area contributed by atoms with Gasteiger partial charge in [-0.25, -0.2) is 23.5 Å². The lowest BCUT2D eigenvalue weighted by Gasteiger charge is -2.27. The number of nitrogens with zero attached hydrogens (tertiary/aromatic N) is 3. The summed E-state index contributed by atoms with van der Waals surface area (Å²) in [5.74, 6) is -1.84. The molecular weight excluding hydrogens is 474 g/mol. The van der Waals surface area contributed by atoms with Crippen LogP contribution in [0.1, 0.15) is 46.6 Å². The van der Waals surface area contributed by atoms with Crippen molar-refractivity contribution in [1.29, 1.82) is 5.26 Å². The summed E-state index contributed by atoms with van der Waals surface area (Å²) in [6.07, 6.45) is 1.21. The highest BCUT2D eigenvalue weighted by Crippen LogP contribution is 2.26. The van der Waals surface area contributed by atoms with Crippen LogP contribution < -0.4 is 20.7 Å². The van der Waals surface area contributed by atoms with Gasteiger partial charge in [0, 0.05) is 25.3 Å². The Morgan fingerprint density at radius 1 is 1.19 bits per heavy atom. The van der Waals surface area contributed by atoms with Crippen molar-refractivity contribution in [2.24, 2.45) is 0 Å². The van der Waals surface area contributed by atoms with Crippen molar-refractivity contribution in [3.05, 3.63) is 35.5 Å². The van der Waals surface area contributed by atoms with Gasteiger partial charge in [0.25, 0.3) is 5.88 Å². The molecule has 0 unspecified atom stereocenters. The average Bonchev–Trinajstić information content (AvgIpc) is 2.79. The molecule has 0 aromatic carbocycles. The van der Waals surface area contributed by atoms with E-state index in [1.165, 1.54) is 13.3 Å². The zero-order valence-corrected chi connectivity index (χ0v) is 21.2. The molecule has 0 aliphatic heterocycles. The van der Waals surface area contributed by atoms with E-state index in [0.29, 0.717) is 6.42 Å². The lowest BCUT2D eigenvalue weighted by molar-refractivity contribution is 0.0503. The highest BCUT2D eigenvalue weighted by atomic mass is 19.1. The summed E-state index contributed by atoms with van der Waals surface area (Å²) >= 11 is 0. The largest absolute Gasteiger partial charge is 0.473 e. The maximum absolute atomic E-state index is 14.8. The van der Waals surface area contributed by atoms with Gasteiger partial charge in [0.15, 0.2) is 23.3 Å². The summed E-state index contributed by atoms with van der Waals surface area (Å²) in [5, 5.41) is 17.9. The minimum absolute atomic E-state index is 0.00161. The van der Waals surface area contributed by atoms with Gasteiger partial charge in [0.05, 0.1) is 24.1 Å².